The maximum absolute atomic E-state index is 13.7. The number of halogens is 1. The van der Waals surface area contributed by atoms with Crippen LogP contribution in [-0.4, -0.2) is 20.6 Å². The molecule has 2 rings (SSSR count). The largest absolute Gasteiger partial charge is 0.323 e. The van der Waals surface area contributed by atoms with E-state index in [1.54, 1.807) is 39.8 Å². The zero-order valence-corrected chi connectivity index (χ0v) is 14.0. The van der Waals surface area contributed by atoms with Crippen LogP contribution >= 0.6 is 0 Å². The number of hydrogen-bond donors (Lipinski definition) is 1. The summed E-state index contributed by atoms with van der Waals surface area (Å²) >= 11 is 0. The molecule has 1 amide bonds. The van der Waals surface area contributed by atoms with E-state index in [-0.39, 0.29) is 23.8 Å². The summed E-state index contributed by atoms with van der Waals surface area (Å²) in [5, 5.41) is 17.7. The predicted octanol–water partition coefficient (Wildman–Crippen LogP) is 3.13. The first-order valence-electron chi connectivity index (χ1n) is 7.46. The van der Waals surface area contributed by atoms with Crippen LogP contribution in [0.4, 0.5) is 15.8 Å². The van der Waals surface area contributed by atoms with Gasteiger partial charge in [-0.15, -0.1) is 0 Å². The maximum atomic E-state index is 13.7. The highest BCUT2D eigenvalue weighted by Crippen LogP contribution is 2.23. The third-order valence-corrected chi connectivity index (χ3v) is 3.80. The Labute approximate surface area is 138 Å². The first-order valence-corrected chi connectivity index (χ1v) is 7.46. The number of rotatable bonds is 5. The molecular weight excluding hydrogens is 315 g/mol. The standard InChI is InChI=1S/C16H19FN4O3/c1-9-5-6-13(17)14(7-9)18-16(22)10(2)8-20-12(4)15(21(23)24)11(3)19-20/h5-7,10H,8H2,1-4H3,(H,18,22)/t10-/m1/s1. The van der Waals surface area contributed by atoms with E-state index in [0.29, 0.717) is 11.4 Å². The number of nitrogens with zero attached hydrogens (tertiary/aromatic N) is 3. The van der Waals surface area contributed by atoms with Crippen molar-refractivity contribution in [3.05, 3.63) is 51.1 Å². The van der Waals surface area contributed by atoms with Crippen LogP contribution in [0.25, 0.3) is 0 Å². The molecule has 24 heavy (non-hydrogen) atoms. The van der Waals surface area contributed by atoms with Gasteiger partial charge in [0.15, 0.2) is 0 Å². The van der Waals surface area contributed by atoms with Gasteiger partial charge in [0.05, 0.1) is 23.1 Å². The molecule has 0 saturated carbocycles. The molecule has 0 aliphatic carbocycles. The van der Waals surface area contributed by atoms with E-state index >= 15 is 0 Å². The summed E-state index contributed by atoms with van der Waals surface area (Å²) in [5.41, 5.74) is 1.58. The van der Waals surface area contributed by atoms with Crippen LogP contribution in [0.3, 0.4) is 0 Å². The molecule has 1 N–H and O–H groups in total. The summed E-state index contributed by atoms with van der Waals surface area (Å²) in [7, 11) is 0. The zero-order chi connectivity index (χ0) is 18.0. The Morgan fingerprint density at radius 3 is 2.67 bits per heavy atom. The van der Waals surface area contributed by atoms with Crippen molar-refractivity contribution in [3.63, 3.8) is 0 Å². The highest BCUT2D eigenvalue weighted by molar-refractivity contribution is 5.92. The molecule has 0 aliphatic heterocycles. The SMILES string of the molecule is Cc1ccc(F)c(NC(=O)[C@H](C)Cn2nc(C)c([N+](=O)[O-])c2C)c1. The van der Waals surface area contributed by atoms with Gasteiger partial charge in [-0.3, -0.25) is 19.6 Å². The van der Waals surface area contributed by atoms with Crippen molar-refractivity contribution in [1.82, 2.24) is 9.78 Å². The number of carbonyl (C=O) groups is 1. The number of nitro groups is 1. The van der Waals surface area contributed by atoms with Crippen molar-refractivity contribution >= 4 is 17.3 Å². The Morgan fingerprint density at radius 2 is 2.08 bits per heavy atom. The van der Waals surface area contributed by atoms with Gasteiger partial charge in [-0.25, -0.2) is 4.39 Å². The fourth-order valence-corrected chi connectivity index (χ4v) is 2.46. The highest BCUT2D eigenvalue weighted by atomic mass is 19.1. The van der Waals surface area contributed by atoms with E-state index in [9.17, 15) is 19.3 Å². The summed E-state index contributed by atoms with van der Waals surface area (Å²) in [6.45, 7) is 6.76. The number of carbonyl (C=O) groups excluding carboxylic acids is 1. The molecule has 128 valence electrons. The van der Waals surface area contributed by atoms with Crippen molar-refractivity contribution in [2.24, 2.45) is 5.92 Å². The number of nitrogens with one attached hydrogen (secondary N) is 1. The van der Waals surface area contributed by atoms with Crippen molar-refractivity contribution < 1.29 is 14.1 Å². The lowest BCUT2D eigenvalue weighted by Crippen LogP contribution is -2.25. The van der Waals surface area contributed by atoms with Crippen LogP contribution in [0.15, 0.2) is 18.2 Å². The van der Waals surface area contributed by atoms with Gasteiger partial charge >= 0.3 is 5.69 Å². The molecule has 0 spiro atoms. The van der Waals surface area contributed by atoms with Crippen LogP contribution in [-0.2, 0) is 11.3 Å². The minimum atomic E-state index is -0.539. The second-order valence-corrected chi connectivity index (χ2v) is 5.83. The lowest BCUT2D eigenvalue weighted by Gasteiger charge is -2.14. The molecule has 1 aromatic heterocycles. The van der Waals surface area contributed by atoms with Crippen molar-refractivity contribution in [2.45, 2.75) is 34.2 Å². The average Bonchev–Trinajstić information content (AvgIpc) is 2.77. The van der Waals surface area contributed by atoms with E-state index in [4.69, 9.17) is 0 Å². The monoisotopic (exact) mass is 334 g/mol. The summed E-state index contributed by atoms with van der Waals surface area (Å²) in [6.07, 6.45) is 0. The smallest absolute Gasteiger partial charge is 0.312 e. The maximum Gasteiger partial charge on any atom is 0.312 e. The molecule has 1 aromatic carbocycles. The molecule has 0 saturated heterocycles. The number of aromatic nitrogens is 2. The molecule has 1 heterocycles. The Balaban J connectivity index is 2.14. The van der Waals surface area contributed by atoms with E-state index < -0.39 is 16.7 Å². The summed E-state index contributed by atoms with van der Waals surface area (Å²) < 4.78 is 15.2. The second-order valence-electron chi connectivity index (χ2n) is 5.83. The summed E-state index contributed by atoms with van der Waals surface area (Å²) in [6, 6.07) is 4.46. The fourth-order valence-electron chi connectivity index (χ4n) is 2.46. The topological polar surface area (TPSA) is 90.1 Å². The molecule has 2 aromatic rings. The zero-order valence-electron chi connectivity index (χ0n) is 14.0. The van der Waals surface area contributed by atoms with Gasteiger partial charge in [0.25, 0.3) is 0 Å². The van der Waals surface area contributed by atoms with Gasteiger partial charge in [0.2, 0.25) is 5.91 Å². The number of amides is 1. The van der Waals surface area contributed by atoms with E-state index in [0.717, 1.165) is 5.56 Å². The number of aryl methyl sites for hydroxylation is 2. The average molecular weight is 334 g/mol. The van der Waals surface area contributed by atoms with Crippen molar-refractivity contribution in [1.29, 1.82) is 0 Å². The number of hydrogen-bond acceptors (Lipinski definition) is 4. The Hall–Kier alpha value is -2.77. The van der Waals surface area contributed by atoms with E-state index in [2.05, 4.69) is 10.4 Å². The Bertz CT molecular complexity index is 801. The van der Waals surface area contributed by atoms with Gasteiger partial charge in [0.1, 0.15) is 17.2 Å². The van der Waals surface area contributed by atoms with Gasteiger partial charge in [0, 0.05) is 0 Å². The molecule has 1 atom stereocenters. The molecular formula is C16H19FN4O3. The molecule has 0 unspecified atom stereocenters. The third kappa shape index (κ3) is 3.58. The van der Waals surface area contributed by atoms with Crippen molar-refractivity contribution in [3.8, 4) is 0 Å². The van der Waals surface area contributed by atoms with Gasteiger partial charge < -0.3 is 5.32 Å². The van der Waals surface area contributed by atoms with Crippen LogP contribution in [0, 0.1) is 42.6 Å². The van der Waals surface area contributed by atoms with Crippen LogP contribution in [0.5, 0.6) is 0 Å². The van der Waals surface area contributed by atoms with Crippen molar-refractivity contribution in [2.75, 3.05) is 5.32 Å². The highest BCUT2D eigenvalue weighted by Gasteiger charge is 2.24. The molecule has 0 radical (unpaired) electrons. The molecule has 7 nitrogen and oxygen atoms in total. The lowest BCUT2D eigenvalue weighted by atomic mass is 10.1. The Morgan fingerprint density at radius 1 is 1.42 bits per heavy atom. The van der Waals surface area contributed by atoms with Gasteiger partial charge in [-0.2, -0.15) is 5.10 Å². The predicted molar refractivity (Wildman–Crippen MR) is 87.3 cm³/mol. The molecule has 0 fully saturated rings. The van der Waals surface area contributed by atoms with Gasteiger partial charge in [-0.05, 0) is 38.5 Å². The first-order chi connectivity index (χ1) is 11.2. The third-order valence-electron chi connectivity index (χ3n) is 3.80. The number of benzene rings is 1. The quantitative estimate of drug-likeness (QED) is 0.672. The van der Waals surface area contributed by atoms with Crippen LogP contribution in [0.1, 0.15) is 23.9 Å². The van der Waals surface area contributed by atoms with Gasteiger partial charge in [-0.1, -0.05) is 13.0 Å². The van der Waals surface area contributed by atoms with E-state index in [1.807, 2.05) is 0 Å². The second kappa shape index (κ2) is 6.77. The van der Waals surface area contributed by atoms with E-state index in [1.165, 1.54) is 10.7 Å². The lowest BCUT2D eigenvalue weighted by molar-refractivity contribution is -0.386. The minimum Gasteiger partial charge on any atom is -0.323 e. The fraction of sp³-hybridized carbons (Fsp3) is 0.375. The van der Waals surface area contributed by atoms with Crippen LogP contribution in [0.2, 0.25) is 0 Å². The minimum absolute atomic E-state index is 0.0488. The molecule has 0 bridgehead atoms. The normalized spacial score (nSPS) is 12.0. The summed E-state index contributed by atoms with van der Waals surface area (Å²) in [4.78, 5) is 22.8. The Kier molecular flexibility index (Phi) is 4.96. The van der Waals surface area contributed by atoms with Crippen LogP contribution < -0.4 is 5.32 Å². The molecule has 0 aliphatic rings. The molecule has 8 heteroatoms. The number of anilines is 1. The summed E-state index contributed by atoms with van der Waals surface area (Å²) in [5.74, 6) is -1.43. The first kappa shape index (κ1) is 17.6.